The minimum Gasteiger partial charge on any atom is -0.379 e. The standard InChI is InChI=1S/C21H32N4O2.HI/c1-3-5-13-26-15-16-27-14-12-24-21(22-4-2)25-17-19-9-6-8-18-10-7-11-23-20(18)19;/h6-11H,3-5,12-17H2,1-2H3,(H2,22,24,25);1H. The van der Waals surface area contributed by atoms with Gasteiger partial charge in [0.1, 0.15) is 0 Å². The number of halogens is 1. The summed E-state index contributed by atoms with van der Waals surface area (Å²) in [5, 5.41) is 7.70. The first kappa shape index (κ1) is 24.6. The molecule has 0 aliphatic rings. The lowest BCUT2D eigenvalue weighted by Crippen LogP contribution is -2.39. The maximum absolute atomic E-state index is 5.58. The maximum Gasteiger partial charge on any atom is 0.191 e. The molecule has 0 spiro atoms. The molecule has 1 aromatic heterocycles. The van der Waals surface area contributed by atoms with E-state index in [0.717, 1.165) is 48.4 Å². The summed E-state index contributed by atoms with van der Waals surface area (Å²) in [6.07, 6.45) is 4.09. The fraction of sp³-hybridized carbons (Fsp3) is 0.524. The molecule has 0 unspecified atom stereocenters. The molecule has 0 radical (unpaired) electrons. The molecule has 2 rings (SSSR count). The van der Waals surface area contributed by atoms with E-state index in [1.165, 1.54) is 0 Å². The van der Waals surface area contributed by atoms with Gasteiger partial charge in [-0.05, 0) is 25.0 Å². The summed E-state index contributed by atoms with van der Waals surface area (Å²) in [5.74, 6) is 0.785. The molecule has 0 aliphatic heterocycles. The van der Waals surface area contributed by atoms with Crippen LogP contribution in [0.25, 0.3) is 10.9 Å². The zero-order chi connectivity index (χ0) is 19.2. The van der Waals surface area contributed by atoms with Crippen LogP contribution in [-0.4, -0.2) is 50.5 Å². The monoisotopic (exact) mass is 500 g/mol. The van der Waals surface area contributed by atoms with E-state index in [1.54, 1.807) is 0 Å². The van der Waals surface area contributed by atoms with Gasteiger partial charge in [-0.2, -0.15) is 0 Å². The van der Waals surface area contributed by atoms with E-state index in [2.05, 4.69) is 52.7 Å². The molecule has 28 heavy (non-hydrogen) atoms. The average molecular weight is 500 g/mol. The number of benzene rings is 1. The summed E-state index contributed by atoms with van der Waals surface area (Å²) in [6, 6.07) is 10.2. The van der Waals surface area contributed by atoms with Crippen LogP contribution in [-0.2, 0) is 16.0 Å². The Balaban J connectivity index is 0.00000392. The van der Waals surface area contributed by atoms with Gasteiger partial charge < -0.3 is 20.1 Å². The van der Waals surface area contributed by atoms with Crippen molar-refractivity contribution in [2.45, 2.75) is 33.2 Å². The van der Waals surface area contributed by atoms with E-state index < -0.39 is 0 Å². The second kappa shape index (κ2) is 15.5. The highest BCUT2D eigenvalue weighted by Gasteiger charge is 2.02. The lowest BCUT2D eigenvalue weighted by Gasteiger charge is -2.12. The predicted molar refractivity (Wildman–Crippen MR) is 127 cm³/mol. The molecule has 0 saturated heterocycles. The van der Waals surface area contributed by atoms with Crippen molar-refractivity contribution >= 4 is 40.8 Å². The summed E-state index contributed by atoms with van der Waals surface area (Å²) in [5.41, 5.74) is 2.12. The van der Waals surface area contributed by atoms with Crippen molar-refractivity contribution in [3.05, 3.63) is 42.1 Å². The van der Waals surface area contributed by atoms with Gasteiger partial charge in [0.15, 0.2) is 5.96 Å². The Labute approximate surface area is 185 Å². The van der Waals surface area contributed by atoms with Gasteiger partial charge >= 0.3 is 0 Å². The highest BCUT2D eigenvalue weighted by atomic mass is 127. The molecule has 0 amide bonds. The smallest absolute Gasteiger partial charge is 0.191 e. The van der Waals surface area contributed by atoms with Crippen molar-refractivity contribution in [1.29, 1.82) is 0 Å². The Morgan fingerprint density at radius 2 is 1.79 bits per heavy atom. The number of rotatable bonds is 12. The largest absolute Gasteiger partial charge is 0.379 e. The number of nitrogens with zero attached hydrogens (tertiary/aromatic N) is 2. The van der Waals surface area contributed by atoms with E-state index in [1.807, 2.05) is 18.3 Å². The van der Waals surface area contributed by atoms with Crippen LogP contribution in [0.15, 0.2) is 41.5 Å². The number of hydrogen-bond donors (Lipinski definition) is 2. The van der Waals surface area contributed by atoms with Gasteiger partial charge in [-0.1, -0.05) is 37.6 Å². The predicted octanol–water partition coefficient (Wildman–Crippen LogP) is 3.74. The zero-order valence-electron chi connectivity index (χ0n) is 16.9. The summed E-state index contributed by atoms with van der Waals surface area (Å²) in [7, 11) is 0. The number of pyridine rings is 1. The first-order valence-electron chi connectivity index (χ1n) is 9.85. The third-order valence-corrected chi connectivity index (χ3v) is 4.02. The van der Waals surface area contributed by atoms with Crippen LogP contribution < -0.4 is 10.6 Å². The molecule has 1 aromatic carbocycles. The molecule has 156 valence electrons. The molecule has 0 saturated carbocycles. The van der Waals surface area contributed by atoms with Crippen LogP contribution in [0.1, 0.15) is 32.3 Å². The van der Waals surface area contributed by atoms with Crippen molar-refractivity contribution in [3.8, 4) is 0 Å². The van der Waals surface area contributed by atoms with Gasteiger partial charge in [0.05, 0.1) is 31.9 Å². The Morgan fingerprint density at radius 1 is 1.00 bits per heavy atom. The molecule has 1 heterocycles. The number of para-hydroxylation sites is 1. The van der Waals surface area contributed by atoms with E-state index in [0.29, 0.717) is 32.9 Å². The van der Waals surface area contributed by atoms with Crippen LogP contribution in [0.2, 0.25) is 0 Å². The number of nitrogens with one attached hydrogen (secondary N) is 2. The second-order valence-electron chi connectivity index (χ2n) is 6.19. The molecular weight excluding hydrogens is 467 g/mol. The van der Waals surface area contributed by atoms with Gasteiger partial charge in [0.2, 0.25) is 0 Å². The first-order valence-corrected chi connectivity index (χ1v) is 9.85. The van der Waals surface area contributed by atoms with Crippen molar-refractivity contribution in [3.63, 3.8) is 0 Å². The normalized spacial score (nSPS) is 11.3. The molecule has 2 N–H and O–H groups in total. The van der Waals surface area contributed by atoms with E-state index >= 15 is 0 Å². The van der Waals surface area contributed by atoms with Crippen LogP contribution >= 0.6 is 24.0 Å². The highest BCUT2D eigenvalue weighted by molar-refractivity contribution is 14.0. The molecule has 0 bridgehead atoms. The Bertz CT molecular complexity index is 692. The molecule has 0 fully saturated rings. The van der Waals surface area contributed by atoms with Gasteiger partial charge in [-0.25, -0.2) is 4.99 Å². The summed E-state index contributed by atoms with van der Waals surface area (Å²) in [4.78, 5) is 9.16. The minimum absolute atomic E-state index is 0. The molecule has 7 heteroatoms. The number of ether oxygens (including phenoxy) is 2. The molecular formula is C21H33IN4O2. The highest BCUT2D eigenvalue weighted by Crippen LogP contribution is 2.16. The van der Waals surface area contributed by atoms with Crippen LogP contribution in [0, 0.1) is 0 Å². The Morgan fingerprint density at radius 3 is 2.57 bits per heavy atom. The molecule has 2 aromatic rings. The summed E-state index contributed by atoms with van der Waals surface area (Å²) in [6.45, 7) is 9.03. The quantitative estimate of drug-likeness (QED) is 0.201. The van der Waals surface area contributed by atoms with Crippen molar-refractivity contribution < 1.29 is 9.47 Å². The second-order valence-corrected chi connectivity index (χ2v) is 6.19. The average Bonchev–Trinajstić information content (AvgIpc) is 2.70. The Hall–Kier alpha value is -1.45. The minimum atomic E-state index is 0. The number of hydrogen-bond acceptors (Lipinski definition) is 4. The van der Waals surface area contributed by atoms with Crippen LogP contribution in [0.5, 0.6) is 0 Å². The van der Waals surface area contributed by atoms with E-state index in [9.17, 15) is 0 Å². The topological polar surface area (TPSA) is 67.8 Å². The van der Waals surface area contributed by atoms with Crippen LogP contribution in [0.4, 0.5) is 0 Å². The molecule has 6 nitrogen and oxygen atoms in total. The summed E-state index contributed by atoms with van der Waals surface area (Å²) >= 11 is 0. The fourth-order valence-corrected chi connectivity index (χ4v) is 2.61. The van der Waals surface area contributed by atoms with Crippen molar-refractivity contribution in [2.75, 3.05) is 39.5 Å². The third kappa shape index (κ3) is 9.16. The van der Waals surface area contributed by atoms with E-state index in [4.69, 9.17) is 9.47 Å². The van der Waals surface area contributed by atoms with Gasteiger partial charge in [-0.15, -0.1) is 24.0 Å². The lowest BCUT2D eigenvalue weighted by atomic mass is 10.1. The van der Waals surface area contributed by atoms with E-state index in [-0.39, 0.29) is 24.0 Å². The van der Waals surface area contributed by atoms with Crippen LogP contribution in [0.3, 0.4) is 0 Å². The number of aliphatic imine (C=N–C) groups is 1. The number of guanidine groups is 1. The fourth-order valence-electron chi connectivity index (χ4n) is 2.61. The van der Waals surface area contributed by atoms with Gasteiger partial charge in [0.25, 0.3) is 0 Å². The Kier molecular flexibility index (Phi) is 13.6. The molecule has 0 atom stereocenters. The number of fused-ring (bicyclic) bond motifs is 1. The summed E-state index contributed by atoms with van der Waals surface area (Å²) < 4.78 is 11.1. The molecule has 0 aliphatic carbocycles. The van der Waals surface area contributed by atoms with Gasteiger partial charge in [-0.3, -0.25) is 4.98 Å². The van der Waals surface area contributed by atoms with Crippen molar-refractivity contribution in [1.82, 2.24) is 15.6 Å². The third-order valence-electron chi connectivity index (χ3n) is 4.02. The SMILES string of the molecule is CCCCOCCOCCNC(=NCc1cccc2cccnc12)NCC.I. The van der Waals surface area contributed by atoms with Gasteiger partial charge in [0, 0.05) is 31.3 Å². The lowest BCUT2D eigenvalue weighted by molar-refractivity contribution is 0.0487. The van der Waals surface area contributed by atoms with Crippen molar-refractivity contribution in [2.24, 2.45) is 4.99 Å². The number of aromatic nitrogens is 1. The maximum atomic E-state index is 5.58. The number of unbranched alkanes of at least 4 members (excludes halogenated alkanes) is 1. The zero-order valence-corrected chi connectivity index (χ0v) is 19.3. The first-order chi connectivity index (χ1) is 13.3.